The maximum Gasteiger partial charge on any atom is 0.252 e. The lowest BCUT2D eigenvalue weighted by molar-refractivity contribution is 0.282. The molecule has 0 aliphatic heterocycles. The van der Waals surface area contributed by atoms with E-state index in [2.05, 4.69) is 36.4 Å². The molecular formula is C22H23BrN4O3. The highest BCUT2D eigenvalue weighted by Gasteiger charge is 2.11. The fourth-order valence-corrected chi connectivity index (χ4v) is 3.37. The van der Waals surface area contributed by atoms with Crippen molar-refractivity contribution in [2.24, 2.45) is 5.10 Å². The minimum atomic E-state index is -0.213. The molecule has 3 rings (SSSR count). The summed E-state index contributed by atoms with van der Waals surface area (Å²) in [6, 6.07) is 15.1. The van der Waals surface area contributed by atoms with Gasteiger partial charge in [-0.05, 0) is 45.6 Å². The summed E-state index contributed by atoms with van der Waals surface area (Å²) in [6.07, 6.45) is 3.25. The second-order valence-corrected chi connectivity index (χ2v) is 7.37. The van der Waals surface area contributed by atoms with Gasteiger partial charge in [-0.3, -0.25) is 9.78 Å². The summed E-state index contributed by atoms with van der Waals surface area (Å²) in [6.45, 7) is 2.46. The Morgan fingerprint density at radius 2 is 2.03 bits per heavy atom. The van der Waals surface area contributed by atoms with Crippen molar-refractivity contribution in [2.75, 3.05) is 12.5 Å². The Balaban J connectivity index is 1.72. The van der Waals surface area contributed by atoms with Crippen molar-refractivity contribution in [1.82, 2.24) is 9.97 Å². The van der Waals surface area contributed by atoms with E-state index < -0.39 is 0 Å². The number of H-pyrrole nitrogens is 1. The monoisotopic (exact) mass is 470 g/mol. The highest BCUT2D eigenvalue weighted by Crippen LogP contribution is 2.36. The number of ether oxygens (including phenoxy) is 2. The van der Waals surface area contributed by atoms with E-state index in [1.54, 1.807) is 13.3 Å². The Labute approximate surface area is 183 Å². The molecule has 1 heterocycles. The zero-order chi connectivity index (χ0) is 21.3. The Kier molecular flexibility index (Phi) is 7.62. The maximum absolute atomic E-state index is 11.7. The van der Waals surface area contributed by atoms with E-state index >= 15 is 0 Å². The molecule has 0 fully saturated rings. The van der Waals surface area contributed by atoms with Gasteiger partial charge in [-0.25, -0.2) is 10.4 Å². The number of aromatic nitrogens is 2. The molecule has 0 bridgehead atoms. The van der Waals surface area contributed by atoms with Crippen LogP contribution in [-0.2, 0) is 13.0 Å². The van der Waals surface area contributed by atoms with Crippen molar-refractivity contribution in [3.8, 4) is 11.5 Å². The summed E-state index contributed by atoms with van der Waals surface area (Å²) in [5.41, 5.74) is 5.12. The number of nitrogens with zero attached hydrogens (tertiary/aromatic N) is 2. The minimum Gasteiger partial charge on any atom is -0.493 e. The molecule has 0 atom stereocenters. The Morgan fingerprint density at radius 3 is 2.77 bits per heavy atom. The van der Waals surface area contributed by atoms with Gasteiger partial charge < -0.3 is 9.47 Å². The fraction of sp³-hybridized carbons (Fsp3) is 0.227. The standard InChI is InChI=1S/C22H23BrN4O3/c1-3-7-17-12-20(28)26-22(25-17)27-24-13-16-10-18(23)21(19(11-16)29-2)30-14-15-8-5-4-6-9-15/h4-6,8-13H,3,7,14H2,1-2H3,(H2,25,26,27,28). The number of anilines is 1. The maximum atomic E-state index is 11.7. The van der Waals surface area contributed by atoms with Gasteiger partial charge in [-0.1, -0.05) is 43.7 Å². The molecule has 30 heavy (non-hydrogen) atoms. The number of hydrogen-bond acceptors (Lipinski definition) is 6. The quantitative estimate of drug-likeness (QED) is 0.354. The van der Waals surface area contributed by atoms with Crippen LogP contribution in [0, 0.1) is 0 Å². The van der Waals surface area contributed by atoms with Gasteiger partial charge in [0.25, 0.3) is 5.56 Å². The predicted octanol–water partition coefficient (Wildman–Crippen LogP) is 4.52. The van der Waals surface area contributed by atoms with Crippen molar-refractivity contribution < 1.29 is 9.47 Å². The van der Waals surface area contributed by atoms with Crippen LogP contribution in [-0.4, -0.2) is 23.3 Å². The van der Waals surface area contributed by atoms with Gasteiger partial charge in [-0.2, -0.15) is 5.10 Å². The van der Waals surface area contributed by atoms with Crippen LogP contribution < -0.4 is 20.5 Å². The third-order valence-corrected chi connectivity index (χ3v) is 4.75. The lowest BCUT2D eigenvalue weighted by Gasteiger charge is -2.13. The molecule has 0 spiro atoms. The van der Waals surface area contributed by atoms with Gasteiger partial charge in [0, 0.05) is 11.8 Å². The third kappa shape index (κ3) is 5.93. The average Bonchev–Trinajstić information content (AvgIpc) is 2.73. The van der Waals surface area contributed by atoms with Gasteiger partial charge in [0.15, 0.2) is 11.5 Å². The van der Waals surface area contributed by atoms with Crippen LogP contribution in [0.1, 0.15) is 30.2 Å². The smallest absolute Gasteiger partial charge is 0.252 e. The van der Waals surface area contributed by atoms with E-state index in [-0.39, 0.29) is 5.56 Å². The van der Waals surface area contributed by atoms with E-state index in [0.29, 0.717) is 24.1 Å². The lowest BCUT2D eigenvalue weighted by atomic mass is 10.2. The van der Waals surface area contributed by atoms with Crippen molar-refractivity contribution >= 4 is 28.1 Å². The first-order chi connectivity index (χ1) is 14.6. The zero-order valence-corrected chi connectivity index (χ0v) is 18.4. The molecule has 0 aliphatic carbocycles. The molecule has 0 saturated heterocycles. The van der Waals surface area contributed by atoms with Gasteiger partial charge in [0.05, 0.1) is 17.8 Å². The lowest BCUT2D eigenvalue weighted by Crippen LogP contribution is -2.12. The summed E-state index contributed by atoms with van der Waals surface area (Å²) in [7, 11) is 1.59. The Hall–Kier alpha value is -3.13. The van der Waals surface area contributed by atoms with Crippen molar-refractivity contribution in [2.45, 2.75) is 26.4 Å². The summed E-state index contributed by atoms with van der Waals surface area (Å²) in [5.74, 6) is 1.50. The number of rotatable bonds is 9. The summed E-state index contributed by atoms with van der Waals surface area (Å²) in [5, 5.41) is 4.17. The second-order valence-electron chi connectivity index (χ2n) is 6.51. The van der Waals surface area contributed by atoms with Crippen molar-refractivity contribution in [3.63, 3.8) is 0 Å². The molecule has 0 amide bonds. The SMILES string of the molecule is CCCc1cc(=O)[nH]c(NN=Cc2cc(Br)c(OCc3ccccc3)c(OC)c2)n1. The molecule has 1 aromatic heterocycles. The number of aryl methyl sites for hydroxylation is 1. The van der Waals surface area contributed by atoms with Gasteiger partial charge in [-0.15, -0.1) is 0 Å². The predicted molar refractivity (Wildman–Crippen MR) is 122 cm³/mol. The number of hydrazone groups is 1. The first-order valence-electron chi connectivity index (χ1n) is 9.52. The highest BCUT2D eigenvalue weighted by molar-refractivity contribution is 9.10. The van der Waals surface area contributed by atoms with Gasteiger partial charge >= 0.3 is 0 Å². The summed E-state index contributed by atoms with van der Waals surface area (Å²) >= 11 is 3.54. The molecule has 0 radical (unpaired) electrons. The Bertz CT molecular complexity index is 1070. The van der Waals surface area contributed by atoms with Crippen molar-refractivity contribution in [1.29, 1.82) is 0 Å². The van der Waals surface area contributed by atoms with E-state index in [0.717, 1.165) is 34.1 Å². The first kappa shape index (κ1) is 21.6. The zero-order valence-electron chi connectivity index (χ0n) is 16.8. The van der Waals surface area contributed by atoms with Crippen molar-refractivity contribution in [3.05, 3.63) is 80.2 Å². The van der Waals surface area contributed by atoms with Crippen LogP contribution >= 0.6 is 15.9 Å². The topological polar surface area (TPSA) is 88.6 Å². The minimum absolute atomic E-state index is 0.213. The van der Waals surface area contributed by atoms with Gasteiger partial charge in [0.2, 0.25) is 5.95 Å². The highest BCUT2D eigenvalue weighted by atomic mass is 79.9. The summed E-state index contributed by atoms with van der Waals surface area (Å²) in [4.78, 5) is 18.7. The number of aromatic amines is 1. The average molecular weight is 471 g/mol. The number of halogens is 1. The van der Waals surface area contributed by atoms with E-state index in [1.807, 2.05) is 49.4 Å². The van der Waals surface area contributed by atoms with Crippen LogP contribution in [0.4, 0.5) is 5.95 Å². The van der Waals surface area contributed by atoms with Crippen LogP contribution in [0.25, 0.3) is 0 Å². The number of hydrogen-bond donors (Lipinski definition) is 2. The molecule has 156 valence electrons. The van der Waals surface area contributed by atoms with E-state index in [1.165, 1.54) is 6.07 Å². The molecule has 2 N–H and O–H groups in total. The van der Waals surface area contributed by atoms with Crippen LogP contribution in [0.3, 0.4) is 0 Å². The molecule has 7 nitrogen and oxygen atoms in total. The Morgan fingerprint density at radius 1 is 1.23 bits per heavy atom. The molecule has 0 aliphatic rings. The second kappa shape index (κ2) is 10.6. The molecule has 0 saturated carbocycles. The number of methoxy groups -OCH3 is 1. The van der Waals surface area contributed by atoms with E-state index in [4.69, 9.17) is 9.47 Å². The third-order valence-electron chi connectivity index (χ3n) is 4.16. The van der Waals surface area contributed by atoms with E-state index in [9.17, 15) is 4.79 Å². The molecule has 0 unspecified atom stereocenters. The molecule has 8 heteroatoms. The van der Waals surface area contributed by atoms with Crippen LogP contribution in [0.15, 0.2) is 62.9 Å². The molecule has 3 aromatic rings. The number of benzene rings is 2. The number of nitrogens with one attached hydrogen (secondary N) is 2. The van der Waals surface area contributed by atoms with Crippen LogP contribution in [0.2, 0.25) is 0 Å². The van der Waals surface area contributed by atoms with Crippen LogP contribution in [0.5, 0.6) is 11.5 Å². The molecular weight excluding hydrogens is 448 g/mol. The first-order valence-corrected chi connectivity index (χ1v) is 10.3. The largest absolute Gasteiger partial charge is 0.493 e. The fourth-order valence-electron chi connectivity index (χ4n) is 2.80. The normalized spacial score (nSPS) is 10.9. The van der Waals surface area contributed by atoms with Gasteiger partial charge in [0.1, 0.15) is 6.61 Å². The molecule has 2 aromatic carbocycles. The summed E-state index contributed by atoms with van der Waals surface area (Å²) < 4.78 is 12.2.